The van der Waals surface area contributed by atoms with E-state index in [0.29, 0.717) is 12.8 Å². The molecule has 0 saturated carbocycles. The molecule has 1 unspecified atom stereocenters. The number of barbiturate groups is 1. The molecule has 1 fully saturated rings. The summed E-state index contributed by atoms with van der Waals surface area (Å²) in [6.45, 7) is 5.54. The minimum absolute atomic E-state index is 0. The van der Waals surface area contributed by atoms with Gasteiger partial charge >= 0.3 is 58.6 Å². The van der Waals surface area contributed by atoms with Gasteiger partial charge in [-0.1, -0.05) is 27.2 Å². The van der Waals surface area contributed by atoms with Crippen molar-refractivity contribution in [2.75, 3.05) is 0 Å². The second kappa shape index (κ2) is 7.73. The number of imide groups is 2. The number of carbonyl (C=O) groups is 3. The smallest absolute Gasteiger partial charge is 1.00 e. The molecule has 0 radical (unpaired) electrons. The fourth-order valence-corrected chi connectivity index (χ4v) is 2.03. The molecule has 5 nitrogen and oxygen atoms in total. The molecule has 1 aliphatic rings. The summed E-state index contributed by atoms with van der Waals surface area (Å²) in [5, 5.41) is 4.31. The Labute approximate surface area is 144 Å². The quantitative estimate of drug-likeness (QED) is 0.446. The summed E-state index contributed by atoms with van der Waals surface area (Å²) in [4.78, 5) is 34.5. The third-order valence-electron chi connectivity index (χ3n) is 3.28. The largest absolute Gasteiger partial charge is 2.00 e. The van der Waals surface area contributed by atoms with Crippen LogP contribution in [0.2, 0.25) is 0 Å². The van der Waals surface area contributed by atoms with Gasteiger partial charge in [0.1, 0.15) is 5.41 Å². The molecule has 1 aliphatic heterocycles. The Balaban J connectivity index is -0.000000150. The fraction of sp³-hybridized carbons (Fsp3) is 0.700. The van der Waals surface area contributed by atoms with Crippen LogP contribution in [0, 0.1) is 11.3 Å². The van der Waals surface area contributed by atoms with Gasteiger partial charge in [-0.25, -0.2) is 4.79 Å². The van der Waals surface area contributed by atoms with Crippen LogP contribution >= 0.6 is 0 Å². The number of urea groups is 1. The summed E-state index contributed by atoms with van der Waals surface area (Å²) in [6, 6.07) is -0.725. The summed E-state index contributed by atoms with van der Waals surface area (Å²) < 4.78 is 0. The van der Waals surface area contributed by atoms with E-state index in [9.17, 15) is 14.4 Å². The monoisotopic (exact) mass is 262 g/mol. The molecule has 7 heteroatoms. The second-order valence-electron chi connectivity index (χ2n) is 3.87. The first-order valence-corrected chi connectivity index (χ1v) is 5.15. The van der Waals surface area contributed by atoms with Gasteiger partial charge in [-0.2, -0.15) is 0 Å². The van der Waals surface area contributed by atoms with Gasteiger partial charge in [-0.3, -0.25) is 20.2 Å². The SMILES string of the molecule is CCC(C)C1(CC)C(=O)NC(=O)NC1=O.[H-].[H-].[H-].[Mg+2].[Na+]. The van der Waals surface area contributed by atoms with Crippen LogP contribution < -0.4 is 40.2 Å². The second-order valence-corrected chi connectivity index (χ2v) is 3.87. The number of carbonyl (C=O) groups excluding carboxylic acids is 3. The minimum Gasteiger partial charge on any atom is -1.00 e. The maximum absolute atomic E-state index is 11.8. The van der Waals surface area contributed by atoms with E-state index in [1.54, 1.807) is 6.92 Å². The third kappa shape index (κ3) is 3.44. The summed E-state index contributed by atoms with van der Waals surface area (Å²) in [7, 11) is 0. The van der Waals surface area contributed by atoms with Gasteiger partial charge in [0.05, 0.1) is 0 Å². The van der Waals surface area contributed by atoms with Gasteiger partial charge < -0.3 is 4.28 Å². The van der Waals surface area contributed by atoms with Crippen molar-refractivity contribution in [1.82, 2.24) is 10.6 Å². The zero-order valence-corrected chi connectivity index (χ0v) is 14.3. The molecule has 0 aromatic carbocycles. The van der Waals surface area contributed by atoms with Crippen LogP contribution in [0.3, 0.4) is 0 Å². The van der Waals surface area contributed by atoms with Crippen LogP contribution in [0.1, 0.15) is 37.9 Å². The van der Waals surface area contributed by atoms with E-state index in [2.05, 4.69) is 10.6 Å². The molecule has 0 aliphatic carbocycles. The molecule has 1 heterocycles. The van der Waals surface area contributed by atoms with E-state index in [-0.39, 0.29) is 62.8 Å². The Morgan fingerprint density at radius 1 is 1.18 bits per heavy atom. The average Bonchev–Trinajstić information content (AvgIpc) is 2.17. The zero-order valence-electron chi connectivity index (χ0n) is 13.9. The molecule has 90 valence electrons. The first-order valence-electron chi connectivity index (χ1n) is 5.15. The number of nitrogens with one attached hydrogen (secondary N) is 2. The maximum Gasteiger partial charge on any atom is 2.00 e. The Hall–Kier alpha value is 0.376. The molecule has 0 aromatic heterocycles. The van der Waals surface area contributed by atoms with Crippen LogP contribution in [0.4, 0.5) is 4.79 Å². The topological polar surface area (TPSA) is 75.3 Å². The van der Waals surface area contributed by atoms with Crippen molar-refractivity contribution in [1.29, 1.82) is 0 Å². The van der Waals surface area contributed by atoms with E-state index in [1.165, 1.54) is 0 Å². The van der Waals surface area contributed by atoms with E-state index in [4.69, 9.17) is 0 Å². The van der Waals surface area contributed by atoms with Crippen LogP contribution in [0.25, 0.3) is 0 Å². The molecule has 1 rings (SSSR count). The molecule has 2 N–H and O–H groups in total. The Bertz CT molecular complexity index is 315. The van der Waals surface area contributed by atoms with Crippen molar-refractivity contribution in [2.24, 2.45) is 11.3 Å². The van der Waals surface area contributed by atoms with E-state index >= 15 is 0 Å². The molecule has 0 bridgehead atoms. The fourth-order valence-electron chi connectivity index (χ4n) is 2.03. The molecular weight excluding hydrogens is 243 g/mol. The molecule has 1 saturated heterocycles. The Morgan fingerprint density at radius 3 is 1.88 bits per heavy atom. The van der Waals surface area contributed by atoms with Gasteiger partial charge in [-0.15, -0.1) is 0 Å². The summed E-state index contributed by atoms with van der Waals surface area (Å²) >= 11 is 0. The van der Waals surface area contributed by atoms with Gasteiger partial charge in [-0.05, 0) is 12.3 Å². The Kier molecular flexibility index (Phi) is 8.97. The molecule has 1 atom stereocenters. The summed E-state index contributed by atoms with van der Waals surface area (Å²) in [6.07, 6.45) is 1.11. The van der Waals surface area contributed by atoms with Crippen LogP contribution in [0.15, 0.2) is 0 Å². The first kappa shape index (κ1) is 19.7. The molecule has 4 amide bonds. The van der Waals surface area contributed by atoms with Gasteiger partial charge in [0.15, 0.2) is 0 Å². The average molecular weight is 263 g/mol. The minimum atomic E-state index is -1.09. The van der Waals surface area contributed by atoms with Crippen molar-refractivity contribution in [3.05, 3.63) is 0 Å². The maximum atomic E-state index is 11.8. The molecule has 0 spiro atoms. The standard InChI is InChI=1S/C10H16N2O3.Mg.Na.3H/c1-4-6(3)10(5-2)7(13)11-9(15)12-8(10)14;;;;;/h6H,4-5H2,1-3H3,(H2,11,12,13,14,15);;;;;/q;+2;+1;3*-1. The number of hydrogen-bond donors (Lipinski definition) is 2. The van der Waals surface area contributed by atoms with Crippen molar-refractivity contribution in [3.8, 4) is 0 Å². The predicted molar refractivity (Wildman–Crippen MR) is 63.0 cm³/mol. The molecular formula is C10H19MgN2NaO3. The van der Waals surface area contributed by atoms with Crippen molar-refractivity contribution < 1.29 is 48.2 Å². The third-order valence-corrected chi connectivity index (χ3v) is 3.28. The summed E-state index contributed by atoms with van der Waals surface area (Å²) in [5.41, 5.74) is -1.09. The van der Waals surface area contributed by atoms with Crippen LogP contribution in [0.5, 0.6) is 0 Å². The molecule has 17 heavy (non-hydrogen) atoms. The van der Waals surface area contributed by atoms with E-state index < -0.39 is 23.3 Å². The van der Waals surface area contributed by atoms with Gasteiger partial charge in [0, 0.05) is 0 Å². The zero-order chi connectivity index (χ0) is 11.6. The number of hydrogen-bond acceptors (Lipinski definition) is 3. The first-order chi connectivity index (χ1) is 6.98. The van der Waals surface area contributed by atoms with Gasteiger partial charge in [0.2, 0.25) is 11.8 Å². The van der Waals surface area contributed by atoms with Crippen LogP contribution in [-0.2, 0) is 9.59 Å². The Morgan fingerprint density at radius 2 is 1.59 bits per heavy atom. The van der Waals surface area contributed by atoms with Crippen molar-refractivity contribution in [2.45, 2.75) is 33.6 Å². The van der Waals surface area contributed by atoms with Crippen molar-refractivity contribution in [3.63, 3.8) is 0 Å². The van der Waals surface area contributed by atoms with Gasteiger partial charge in [0.25, 0.3) is 0 Å². The van der Waals surface area contributed by atoms with E-state index in [0.717, 1.165) is 0 Å². The van der Waals surface area contributed by atoms with E-state index in [1.807, 2.05) is 13.8 Å². The number of amides is 4. The predicted octanol–water partition coefficient (Wildman–Crippen LogP) is -2.24. The van der Waals surface area contributed by atoms with Crippen LogP contribution in [-0.4, -0.2) is 40.9 Å². The normalized spacial score (nSPS) is 19.4. The molecule has 0 aromatic rings. The number of rotatable bonds is 3. The van der Waals surface area contributed by atoms with Crippen molar-refractivity contribution >= 4 is 40.9 Å². The summed E-state index contributed by atoms with van der Waals surface area (Å²) in [5.74, 6) is -1.04.